The fourth-order valence-corrected chi connectivity index (χ4v) is 5.51. The van der Waals surface area contributed by atoms with Crippen LogP contribution in [0.4, 0.5) is 13.2 Å². The second-order valence-electron chi connectivity index (χ2n) is 9.98. The molecule has 1 aliphatic rings. The Morgan fingerprint density at radius 1 is 0.941 bits per heavy atom. The molecule has 4 heteroatoms. The van der Waals surface area contributed by atoms with Crippen molar-refractivity contribution in [1.82, 2.24) is 4.90 Å². The van der Waals surface area contributed by atoms with Gasteiger partial charge in [0.25, 0.3) is 0 Å². The highest BCUT2D eigenvalue weighted by Crippen LogP contribution is 2.37. The van der Waals surface area contributed by atoms with Crippen molar-refractivity contribution in [2.75, 3.05) is 6.54 Å². The van der Waals surface area contributed by atoms with E-state index in [1.54, 1.807) is 6.07 Å². The Kier molecular flexibility index (Phi) is 6.65. The van der Waals surface area contributed by atoms with Gasteiger partial charge in [-0.1, -0.05) is 48.0 Å². The summed E-state index contributed by atoms with van der Waals surface area (Å²) in [6.07, 6.45) is -2.62. The van der Waals surface area contributed by atoms with Crippen LogP contribution in [0.15, 0.2) is 54.1 Å². The van der Waals surface area contributed by atoms with Gasteiger partial charge in [-0.3, -0.25) is 4.90 Å². The third-order valence-corrected chi connectivity index (χ3v) is 7.75. The summed E-state index contributed by atoms with van der Waals surface area (Å²) in [5.41, 5.74) is 6.63. The monoisotopic (exact) mass is 465 g/mol. The zero-order valence-electron chi connectivity index (χ0n) is 21.0. The topological polar surface area (TPSA) is 3.24 Å². The molecule has 0 spiro atoms. The number of aryl methyl sites for hydroxylation is 3. The minimum atomic E-state index is -4.33. The summed E-state index contributed by atoms with van der Waals surface area (Å²) in [6.45, 7) is 13.2. The molecule has 0 aromatic heterocycles. The van der Waals surface area contributed by atoms with Gasteiger partial charge in [-0.2, -0.15) is 13.2 Å². The Morgan fingerprint density at radius 2 is 1.68 bits per heavy atom. The van der Waals surface area contributed by atoms with E-state index >= 15 is 0 Å². The average Bonchev–Trinajstić information content (AvgIpc) is 2.76. The largest absolute Gasteiger partial charge is 0.416 e. The van der Waals surface area contributed by atoms with Crippen LogP contribution in [-0.2, 0) is 12.6 Å². The van der Waals surface area contributed by atoms with E-state index in [9.17, 15) is 13.2 Å². The molecule has 1 heterocycles. The van der Waals surface area contributed by atoms with Gasteiger partial charge >= 0.3 is 6.18 Å². The second kappa shape index (κ2) is 9.22. The lowest BCUT2D eigenvalue weighted by molar-refractivity contribution is -0.138. The first kappa shape index (κ1) is 24.5. The number of alkyl halides is 3. The van der Waals surface area contributed by atoms with Gasteiger partial charge in [0.05, 0.1) is 5.56 Å². The SMILES string of the molecule is CC1=C(c2ccc(C)c(C(F)(F)F)c2)CCN(C(C)Cc2cc3cccc(C)c3cc2C)C1C. The highest BCUT2D eigenvalue weighted by molar-refractivity contribution is 5.87. The van der Waals surface area contributed by atoms with E-state index in [2.05, 4.69) is 69.9 Å². The Labute approximate surface area is 201 Å². The molecular weight excluding hydrogens is 431 g/mol. The first-order chi connectivity index (χ1) is 16.0. The molecule has 0 N–H and O–H groups in total. The Bertz CT molecular complexity index is 1250. The van der Waals surface area contributed by atoms with E-state index in [0.717, 1.165) is 25.0 Å². The molecule has 1 nitrogen and oxygen atoms in total. The lowest BCUT2D eigenvalue weighted by Gasteiger charge is -2.40. The van der Waals surface area contributed by atoms with Gasteiger partial charge in [0.2, 0.25) is 0 Å². The van der Waals surface area contributed by atoms with Crippen LogP contribution in [0.25, 0.3) is 16.3 Å². The minimum Gasteiger partial charge on any atom is -0.294 e. The normalized spacial score (nSPS) is 18.6. The number of hydrogen-bond acceptors (Lipinski definition) is 1. The van der Waals surface area contributed by atoms with Crippen LogP contribution in [-0.4, -0.2) is 23.5 Å². The van der Waals surface area contributed by atoms with Crippen molar-refractivity contribution in [3.05, 3.63) is 87.5 Å². The smallest absolute Gasteiger partial charge is 0.294 e. The third kappa shape index (κ3) is 4.65. The number of halogens is 3. The Hall–Kier alpha value is -2.59. The van der Waals surface area contributed by atoms with Crippen molar-refractivity contribution in [1.29, 1.82) is 0 Å². The number of fused-ring (bicyclic) bond motifs is 1. The predicted octanol–water partition coefficient (Wildman–Crippen LogP) is 8.28. The van der Waals surface area contributed by atoms with Gasteiger partial charge in [0.15, 0.2) is 0 Å². The molecule has 3 aromatic rings. The van der Waals surface area contributed by atoms with Crippen molar-refractivity contribution in [2.24, 2.45) is 0 Å². The van der Waals surface area contributed by atoms with Gasteiger partial charge in [-0.25, -0.2) is 0 Å². The molecule has 3 aromatic carbocycles. The summed E-state index contributed by atoms with van der Waals surface area (Å²) in [6, 6.07) is 16.3. The highest BCUT2D eigenvalue weighted by Gasteiger charge is 2.34. The lowest BCUT2D eigenvalue weighted by atomic mass is 9.87. The minimum absolute atomic E-state index is 0.178. The molecule has 0 aliphatic carbocycles. The highest BCUT2D eigenvalue weighted by atomic mass is 19.4. The molecular formula is C30H34F3N. The van der Waals surface area contributed by atoms with Gasteiger partial charge in [0, 0.05) is 18.6 Å². The zero-order chi connectivity index (χ0) is 24.8. The predicted molar refractivity (Wildman–Crippen MR) is 136 cm³/mol. The molecule has 0 amide bonds. The number of hydrogen-bond donors (Lipinski definition) is 0. The van der Waals surface area contributed by atoms with E-state index in [-0.39, 0.29) is 11.6 Å². The second-order valence-corrected chi connectivity index (χ2v) is 9.98. The molecule has 2 atom stereocenters. The van der Waals surface area contributed by atoms with E-state index in [1.807, 2.05) is 6.07 Å². The van der Waals surface area contributed by atoms with Crippen LogP contribution in [0.3, 0.4) is 0 Å². The Balaban J connectivity index is 1.58. The van der Waals surface area contributed by atoms with E-state index < -0.39 is 11.7 Å². The number of rotatable bonds is 4. The zero-order valence-corrected chi connectivity index (χ0v) is 21.0. The fourth-order valence-electron chi connectivity index (χ4n) is 5.51. The van der Waals surface area contributed by atoms with E-state index in [0.29, 0.717) is 11.6 Å². The van der Waals surface area contributed by atoms with Gasteiger partial charge in [-0.15, -0.1) is 0 Å². The van der Waals surface area contributed by atoms with Crippen LogP contribution < -0.4 is 0 Å². The summed E-state index contributed by atoms with van der Waals surface area (Å²) in [5, 5.41) is 2.58. The number of benzene rings is 3. The molecule has 0 radical (unpaired) electrons. The van der Waals surface area contributed by atoms with E-state index in [4.69, 9.17) is 0 Å². The molecule has 0 fully saturated rings. The van der Waals surface area contributed by atoms with Crippen molar-refractivity contribution in [3.63, 3.8) is 0 Å². The maximum atomic E-state index is 13.5. The maximum absolute atomic E-state index is 13.5. The summed E-state index contributed by atoms with van der Waals surface area (Å²) in [4.78, 5) is 2.50. The maximum Gasteiger partial charge on any atom is 0.416 e. The van der Waals surface area contributed by atoms with Crippen LogP contribution in [0.5, 0.6) is 0 Å². The molecule has 0 saturated heterocycles. The van der Waals surface area contributed by atoms with E-state index in [1.165, 1.54) is 46.0 Å². The first-order valence-corrected chi connectivity index (χ1v) is 12.1. The standard InChI is InChI=1S/C30H34F3N/c1-18-8-7-9-24-16-26(20(3)14-28(18)24)15-21(4)34-13-12-27(22(5)23(34)6)25-11-10-19(2)29(17-25)30(31,32)33/h7-11,14,16-17,21,23H,12-13,15H2,1-6H3. The van der Waals surface area contributed by atoms with Gasteiger partial charge < -0.3 is 0 Å². The molecule has 0 bridgehead atoms. The van der Waals surface area contributed by atoms with Gasteiger partial charge in [0.1, 0.15) is 0 Å². The molecule has 4 rings (SSSR count). The van der Waals surface area contributed by atoms with Crippen LogP contribution in [0.2, 0.25) is 0 Å². The van der Waals surface area contributed by atoms with Crippen molar-refractivity contribution in [3.8, 4) is 0 Å². The fraction of sp³-hybridized carbons (Fsp3) is 0.400. The van der Waals surface area contributed by atoms with Crippen molar-refractivity contribution >= 4 is 16.3 Å². The molecule has 1 aliphatic heterocycles. The first-order valence-electron chi connectivity index (χ1n) is 12.1. The summed E-state index contributed by atoms with van der Waals surface area (Å²) in [5.74, 6) is 0. The van der Waals surface area contributed by atoms with Crippen LogP contribution in [0.1, 0.15) is 60.6 Å². The third-order valence-electron chi connectivity index (χ3n) is 7.75. The quantitative estimate of drug-likeness (QED) is 0.375. The van der Waals surface area contributed by atoms with Crippen LogP contribution >= 0.6 is 0 Å². The molecule has 180 valence electrons. The summed E-state index contributed by atoms with van der Waals surface area (Å²) >= 11 is 0. The number of nitrogens with zero attached hydrogens (tertiary/aromatic N) is 1. The summed E-state index contributed by atoms with van der Waals surface area (Å²) in [7, 11) is 0. The van der Waals surface area contributed by atoms with Crippen molar-refractivity contribution in [2.45, 2.75) is 72.6 Å². The molecule has 34 heavy (non-hydrogen) atoms. The van der Waals surface area contributed by atoms with Crippen molar-refractivity contribution < 1.29 is 13.2 Å². The van der Waals surface area contributed by atoms with Gasteiger partial charge in [-0.05, 0) is 105 Å². The average molecular weight is 466 g/mol. The molecule has 2 unspecified atom stereocenters. The molecule has 0 saturated carbocycles. The van der Waals surface area contributed by atoms with Crippen LogP contribution in [0, 0.1) is 20.8 Å². The lowest BCUT2D eigenvalue weighted by Crippen LogP contribution is -2.45. The summed E-state index contributed by atoms with van der Waals surface area (Å²) < 4.78 is 40.4. The Morgan fingerprint density at radius 3 is 2.38 bits per heavy atom.